The number of hydrogen-bond acceptors (Lipinski definition) is 5. The van der Waals surface area contributed by atoms with Crippen LogP contribution in [-0.4, -0.2) is 55.6 Å². The van der Waals surface area contributed by atoms with Crippen LogP contribution in [0.2, 0.25) is 0 Å². The van der Waals surface area contributed by atoms with Crippen molar-refractivity contribution in [3.8, 4) is 0 Å². The number of anilines is 1. The van der Waals surface area contributed by atoms with Crippen molar-refractivity contribution in [1.82, 2.24) is 21.3 Å². The van der Waals surface area contributed by atoms with E-state index in [4.69, 9.17) is 0 Å². The topological polar surface area (TPSA) is 94.3 Å². The van der Waals surface area contributed by atoms with Gasteiger partial charge in [0.15, 0.2) is 0 Å². The number of para-hydroxylation sites is 1. The predicted molar refractivity (Wildman–Crippen MR) is 190 cm³/mol. The monoisotopic (exact) mass is 645 g/mol. The Kier molecular flexibility index (Phi) is 10.2. The first kappa shape index (κ1) is 33.4. The highest BCUT2D eigenvalue weighted by Gasteiger charge is 2.55. The highest BCUT2D eigenvalue weighted by Crippen LogP contribution is 2.51. The lowest BCUT2D eigenvalue weighted by atomic mass is 9.58. The van der Waals surface area contributed by atoms with Crippen LogP contribution < -0.4 is 26.6 Å². The molecule has 2 saturated heterocycles. The molecule has 3 aliphatic heterocycles. The average Bonchev–Trinajstić information content (AvgIpc) is 3.60. The van der Waals surface area contributed by atoms with Gasteiger partial charge in [0.05, 0.1) is 0 Å². The van der Waals surface area contributed by atoms with Crippen LogP contribution in [-0.2, 0) is 16.0 Å². The van der Waals surface area contributed by atoms with Gasteiger partial charge in [-0.15, -0.1) is 0 Å². The van der Waals surface area contributed by atoms with Crippen molar-refractivity contribution < 1.29 is 9.59 Å². The van der Waals surface area contributed by atoms with E-state index in [1.165, 1.54) is 87.4 Å². The Morgan fingerprint density at radius 2 is 1.68 bits per heavy atom. The van der Waals surface area contributed by atoms with Crippen molar-refractivity contribution in [2.24, 2.45) is 35.0 Å². The molecule has 3 aliphatic carbocycles. The molecule has 47 heavy (non-hydrogen) atoms. The third-order valence-electron chi connectivity index (χ3n) is 13.8. The van der Waals surface area contributed by atoms with Gasteiger partial charge >= 0.3 is 0 Å². The molecule has 0 spiro atoms. The molecule has 7 heteroatoms. The SMILES string of the molecule is Cc1cccc2c1NC(C(=O)NC(C1CC1)C1NCC(CCNC(=O)CC3CCCNC3)CC1(C)C1CCCCC1)(C1CCCC1)C2. The van der Waals surface area contributed by atoms with Gasteiger partial charge in [0, 0.05) is 37.2 Å². The maximum atomic E-state index is 14.9. The molecule has 1 aromatic carbocycles. The molecule has 5 N–H and O–H groups in total. The van der Waals surface area contributed by atoms with Gasteiger partial charge in [-0.3, -0.25) is 9.59 Å². The number of nitrogens with one attached hydrogen (secondary N) is 5. The number of benzene rings is 1. The highest BCUT2D eigenvalue weighted by atomic mass is 16.2. The summed E-state index contributed by atoms with van der Waals surface area (Å²) in [6.45, 7) is 8.57. The minimum atomic E-state index is -0.539. The second-order valence-corrected chi connectivity index (χ2v) is 17.1. The Bertz CT molecular complexity index is 1250. The molecule has 6 aliphatic rings. The molecule has 7 nitrogen and oxygen atoms in total. The fourth-order valence-corrected chi connectivity index (χ4v) is 10.9. The van der Waals surface area contributed by atoms with Crippen LogP contribution >= 0.6 is 0 Å². The van der Waals surface area contributed by atoms with Gasteiger partial charge in [-0.1, -0.05) is 57.2 Å². The average molecular weight is 646 g/mol. The van der Waals surface area contributed by atoms with Crippen LogP contribution in [0.1, 0.15) is 121 Å². The summed E-state index contributed by atoms with van der Waals surface area (Å²) in [5.41, 5.74) is 3.35. The number of piperidine rings is 2. The third kappa shape index (κ3) is 7.13. The summed E-state index contributed by atoms with van der Waals surface area (Å²) in [4.78, 5) is 27.6. The van der Waals surface area contributed by atoms with Crippen LogP contribution in [0.5, 0.6) is 0 Å². The summed E-state index contributed by atoms with van der Waals surface area (Å²) in [7, 11) is 0. The maximum absolute atomic E-state index is 14.9. The van der Waals surface area contributed by atoms with Crippen molar-refractivity contribution in [1.29, 1.82) is 0 Å². The smallest absolute Gasteiger partial charge is 0.246 e. The Labute approximate surface area is 284 Å². The number of amides is 2. The van der Waals surface area contributed by atoms with Crippen LogP contribution in [0.25, 0.3) is 0 Å². The molecule has 3 heterocycles. The van der Waals surface area contributed by atoms with E-state index in [1.807, 2.05) is 0 Å². The van der Waals surface area contributed by atoms with Crippen LogP contribution in [0.3, 0.4) is 0 Å². The van der Waals surface area contributed by atoms with E-state index < -0.39 is 5.54 Å². The second-order valence-electron chi connectivity index (χ2n) is 17.1. The molecule has 260 valence electrons. The first-order valence-electron chi connectivity index (χ1n) is 19.7. The molecule has 0 bridgehead atoms. The molecule has 0 radical (unpaired) electrons. The molecular weight excluding hydrogens is 582 g/mol. The lowest BCUT2D eigenvalue weighted by Gasteiger charge is -2.54. The van der Waals surface area contributed by atoms with Gasteiger partial charge in [0.2, 0.25) is 11.8 Å². The lowest BCUT2D eigenvalue weighted by molar-refractivity contribution is -0.129. The minimum absolute atomic E-state index is 0.130. The normalized spacial score (nSPS) is 34.0. The standard InChI is InChI=1S/C40H63N5O2/c1-27-10-8-12-31-24-40(45-35(27)31,33-15-6-7-16-33)38(47)44-36(30-17-18-30)37-39(2,32-13-4-3-5-14-32)23-29(26-43-37)19-21-42-34(46)22-28-11-9-20-41-25-28/h8,10,12,28-30,32-33,36-37,41,43,45H,3-7,9,11,13-26H2,1-2H3,(H,42,46)(H,44,47). The van der Waals surface area contributed by atoms with E-state index in [9.17, 15) is 9.59 Å². The Balaban J connectivity index is 1.06. The summed E-state index contributed by atoms with van der Waals surface area (Å²) in [5.74, 6) is 3.13. The largest absolute Gasteiger partial charge is 0.370 e. The van der Waals surface area contributed by atoms with Crippen molar-refractivity contribution in [3.63, 3.8) is 0 Å². The zero-order valence-corrected chi connectivity index (χ0v) is 29.4. The molecule has 5 fully saturated rings. The first-order chi connectivity index (χ1) is 22.9. The number of hydrogen-bond donors (Lipinski definition) is 5. The first-order valence-corrected chi connectivity index (χ1v) is 19.7. The van der Waals surface area contributed by atoms with E-state index in [1.54, 1.807) is 0 Å². The maximum Gasteiger partial charge on any atom is 0.246 e. The van der Waals surface area contributed by atoms with E-state index in [2.05, 4.69) is 58.6 Å². The zero-order valence-electron chi connectivity index (χ0n) is 29.4. The highest BCUT2D eigenvalue weighted by molar-refractivity contribution is 5.93. The van der Waals surface area contributed by atoms with Crippen LogP contribution in [0.4, 0.5) is 5.69 Å². The van der Waals surface area contributed by atoms with Crippen LogP contribution in [0, 0.1) is 41.9 Å². The van der Waals surface area contributed by atoms with Crippen molar-refractivity contribution in [2.45, 2.75) is 141 Å². The second kappa shape index (κ2) is 14.4. The quantitative estimate of drug-likeness (QED) is 0.196. The zero-order chi connectivity index (χ0) is 32.4. The Morgan fingerprint density at radius 1 is 0.915 bits per heavy atom. The molecular formula is C40H63N5O2. The summed E-state index contributed by atoms with van der Waals surface area (Å²) >= 11 is 0. The fourth-order valence-electron chi connectivity index (χ4n) is 10.9. The van der Waals surface area contributed by atoms with Crippen molar-refractivity contribution in [3.05, 3.63) is 29.3 Å². The molecule has 6 unspecified atom stereocenters. The number of aryl methyl sites for hydroxylation is 1. The number of rotatable bonds is 11. The van der Waals surface area contributed by atoms with E-state index in [0.29, 0.717) is 36.0 Å². The Morgan fingerprint density at radius 3 is 2.40 bits per heavy atom. The van der Waals surface area contributed by atoms with Gasteiger partial charge in [-0.05, 0) is 137 Å². The number of carbonyl (C=O) groups is 2. The molecule has 2 amide bonds. The summed E-state index contributed by atoms with van der Waals surface area (Å²) < 4.78 is 0. The van der Waals surface area contributed by atoms with Crippen LogP contribution in [0.15, 0.2) is 18.2 Å². The van der Waals surface area contributed by atoms with E-state index in [0.717, 1.165) is 58.3 Å². The molecule has 0 aromatic heterocycles. The number of carbonyl (C=O) groups excluding carboxylic acids is 2. The third-order valence-corrected chi connectivity index (χ3v) is 13.8. The predicted octanol–water partition coefficient (Wildman–Crippen LogP) is 6.25. The van der Waals surface area contributed by atoms with E-state index >= 15 is 0 Å². The van der Waals surface area contributed by atoms with Gasteiger partial charge in [0.1, 0.15) is 5.54 Å². The molecule has 3 saturated carbocycles. The fraction of sp³-hybridized carbons (Fsp3) is 0.800. The summed E-state index contributed by atoms with van der Waals surface area (Å²) in [5, 5.41) is 18.6. The van der Waals surface area contributed by atoms with Gasteiger partial charge < -0.3 is 26.6 Å². The van der Waals surface area contributed by atoms with Gasteiger partial charge in [0.25, 0.3) is 0 Å². The molecule has 6 atom stereocenters. The number of fused-ring (bicyclic) bond motifs is 1. The lowest BCUT2D eigenvalue weighted by Crippen LogP contribution is -2.67. The molecule has 1 aromatic rings. The summed E-state index contributed by atoms with van der Waals surface area (Å²) in [6.07, 6.45) is 19.8. The van der Waals surface area contributed by atoms with Gasteiger partial charge in [-0.2, -0.15) is 0 Å². The van der Waals surface area contributed by atoms with Crippen molar-refractivity contribution in [2.75, 3.05) is 31.5 Å². The van der Waals surface area contributed by atoms with E-state index in [-0.39, 0.29) is 29.3 Å². The van der Waals surface area contributed by atoms with Gasteiger partial charge in [-0.25, -0.2) is 0 Å². The minimum Gasteiger partial charge on any atom is -0.370 e. The summed E-state index contributed by atoms with van der Waals surface area (Å²) in [6, 6.07) is 7.03. The van der Waals surface area contributed by atoms with Crippen molar-refractivity contribution >= 4 is 17.5 Å². The Hall–Kier alpha value is -2.12. The molecule has 7 rings (SSSR count).